The van der Waals surface area contributed by atoms with Gasteiger partial charge < -0.3 is 10.6 Å². The number of nitrogens with zero attached hydrogens (tertiary/aromatic N) is 1. The second kappa shape index (κ2) is 5.46. The molecule has 17 heavy (non-hydrogen) atoms. The number of carbonyl (C=O) groups is 1. The quantitative estimate of drug-likeness (QED) is 0.751. The Morgan fingerprint density at radius 2 is 2.24 bits per heavy atom. The van der Waals surface area contributed by atoms with Crippen LogP contribution in [0.2, 0.25) is 0 Å². The normalized spacial score (nSPS) is 17.9. The first-order valence-corrected chi connectivity index (χ1v) is 5.76. The molecule has 1 atom stereocenters. The summed E-state index contributed by atoms with van der Waals surface area (Å²) in [4.78, 5) is 11.8. The maximum Gasteiger partial charge on any atom is 0.237 e. The summed E-state index contributed by atoms with van der Waals surface area (Å²) in [6, 6.07) is 9.97. The smallest absolute Gasteiger partial charge is 0.237 e. The highest BCUT2D eigenvalue weighted by molar-refractivity contribution is 5.82. The third-order valence-corrected chi connectivity index (χ3v) is 2.93. The number of rotatable bonds is 3. The van der Waals surface area contributed by atoms with Crippen LogP contribution in [0.15, 0.2) is 24.3 Å². The van der Waals surface area contributed by atoms with Gasteiger partial charge in [-0.1, -0.05) is 24.3 Å². The Morgan fingerprint density at radius 3 is 3.00 bits per heavy atom. The fourth-order valence-corrected chi connectivity index (χ4v) is 2.00. The van der Waals surface area contributed by atoms with E-state index >= 15 is 0 Å². The molecule has 4 nitrogen and oxygen atoms in total. The van der Waals surface area contributed by atoms with Crippen LogP contribution in [-0.4, -0.2) is 18.5 Å². The molecule has 1 aromatic carbocycles. The van der Waals surface area contributed by atoms with Crippen molar-refractivity contribution in [2.45, 2.75) is 25.4 Å². The number of hydrogen-bond donors (Lipinski definition) is 2. The molecule has 0 radical (unpaired) electrons. The van der Waals surface area contributed by atoms with Crippen LogP contribution in [0.5, 0.6) is 0 Å². The number of benzene rings is 1. The number of hydrogen-bond acceptors (Lipinski definition) is 3. The van der Waals surface area contributed by atoms with E-state index < -0.39 is 0 Å². The highest BCUT2D eigenvalue weighted by atomic mass is 16.2. The lowest BCUT2D eigenvalue weighted by molar-refractivity contribution is -0.123. The topological polar surface area (TPSA) is 64.9 Å². The molecule has 88 valence electrons. The Bertz CT molecular complexity index is 450. The third kappa shape index (κ3) is 2.83. The van der Waals surface area contributed by atoms with E-state index in [9.17, 15) is 4.79 Å². The first-order chi connectivity index (χ1) is 8.31. The van der Waals surface area contributed by atoms with Crippen LogP contribution in [-0.2, 0) is 17.8 Å². The summed E-state index contributed by atoms with van der Waals surface area (Å²) in [5.41, 5.74) is 2.49. The predicted octanol–water partition coefficient (Wildman–Crippen LogP) is 0.731. The van der Waals surface area contributed by atoms with Crippen LogP contribution in [0.4, 0.5) is 0 Å². The summed E-state index contributed by atoms with van der Waals surface area (Å²) >= 11 is 0. The largest absolute Gasteiger partial charge is 0.354 e. The molecule has 0 aliphatic carbocycles. The third-order valence-electron chi connectivity index (χ3n) is 2.93. The van der Waals surface area contributed by atoms with E-state index in [1.807, 2.05) is 18.2 Å². The Morgan fingerprint density at radius 1 is 1.47 bits per heavy atom. The zero-order valence-corrected chi connectivity index (χ0v) is 9.57. The number of carbonyl (C=O) groups excluding carboxylic acids is 1. The molecule has 2 rings (SSSR count). The number of nitriles is 1. The number of nitrogens with one attached hydrogen (secondary N) is 2. The maximum atomic E-state index is 11.8. The van der Waals surface area contributed by atoms with E-state index in [2.05, 4.69) is 22.8 Å². The highest BCUT2D eigenvalue weighted by Crippen LogP contribution is 2.16. The minimum absolute atomic E-state index is 0.0187. The van der Waals surface area contributed by atoms with Crippen molar-refractivity contribution in [2.75, 3.05) is 6.54 Å². The van der Waals surface area contributed by atoms with Gasteiger partial charge in [-0.2, -0.15) is 5.26 Å². The van der Waals surface area contributed by atoms with Crippen molar-refractivity contribution in [3.63, 3.8) is 0 Å². The molecule has 0 unspecified atom stereocenters. The first kappa shape index (κ1) is 11.6. The van der Waals surface area contributed by atoms with E-state index in [0.717, 1.165) is 6.54 Å². The minimum atomic E-state index is -0.177. The van der Waals surface area contributed by atoms with E-state index in [-0.39, 0.29) is 11.9 Å². The molecule has 2 N–H and O–H groups in total. The Balaban J connectivity index is 1.93. The van der Waals surface area contributed by atoms with Gasteiger partial charge >= 0.3 is 0 Å². The number of fused-ring (bicyclic) bond motifs is 1. The van der Waals surface area contributed by atoms with Gasteiger partial charge in [0.05, 0.1) is 18.5 Å². The Labute approximate surface area is 101 Å². The second-order valence-corrected chi connectivity index (χ2v) is 4.11. The van der Waals surface area contributed by atoms with Crippen LogP contribution in [0.1, 0.15) is 17.5 Å². The molecule has 1 amide bonds. The summed E-state index contributed by atoms with van der Waals surface area (Å²) < 4.78 is 0. The monoisotopic (exact) mass is 229 g/mol. The average Bonchev–Trinajstić information content (AvgIpc) is 2.38. The molecule has 0 aromatic heterocycles. The van der Waals surface area contributed by atoms with Gasteiger partial charge in [-0.15, -0.1) is 0 Å². The van der Waals surface area contributed by atoms with E-state index in [1.165, 1.54) is 11.1 Å². The van der Waals surface area contributed by atoms with Crippen LogP contribution in [0, 0.1) is 11.3 Å². The number of amides is 1. The van der Waals surface area contributed by atoms with Gasteiger partial charge in [0, 0.05) is 13.1 Å². The molecule has 1 aliphatic rings. The van der Waals surface area contributed by atoms with Gasteiger partial charge in [-0.25, -0.2) is 0 Å². The molecule has 0 saturated heterocycles. The molecule has 1 aliphatic heterocycles. The van der Waals surface area contributed by atoms with E-state index in [1.54, 1.807) is 0 Å². The van der Waals surface area contributed by atoms with Crippen molar-refractivity contribution < 1.29 is 4.79 Å². The standard InChI is InChI=1S/C13H15N3O/c14-6-3-7-15-13(17)12-8-10-4-1-2-5-11(10)9-16-12/h1-2,4-5,12,16H,3,7-9H2,(H,15,17)/t12-/m0/s1. The van der Waals surface area contributed by atoms with E-state index in [0.29, 0.717) is 19.4 Å². The van der Waals surface area contributed by atoms with E-state index in [4.69, 9.17) is 5.26 Å². The van der Waals surface area contributed by atoms with Gasteiger partial charge in [0.15, 0.2) is 0 Å². The van der Waals surface area contributed by atoms with Gasteiger partial charge in [0.1, 0.15) is 0 Å². The van der Waals surface area contributed by atoms with Crippen LogP contribution in [0.25, 0.3) is 0 Å². The average molecular weight is 229 g/mol. The summed E-state index contributed by atoms with van der Waals surface area (Å²) in [5, 5.41) is 14.4. The van der Waals surface area contributed by atoms with Crippen LogP contribution >= 0.6 is 0 Å². The highest BCUT2D eigenvalue weighted by Gasteiger charge is 2.23. The van der Waals surface area contributed by atoms with Gasteiger partial charge in [0.2, 0.25) is 5.91 Å². The SMILES string of the molecule is N#CCCNC(=O)[C@@H]1Cc2ccccc2CN1. The van der Waals surface area contributed by atoms with Crippen molar-refractivity contribution in [2.24, 2.45) is 0 Å². The molecule has 0 spiro atoms. The molecular formula is C13H15N3O. The van der Waals surface area contributed by atoms with Crippen molar-refractivity contribution in [3.8, 4) is 6.07 Å². The van der Waals surface area contributed by atoms with Crippen LogP contribution < -0.4 is 10.6 Å². The van der Waals surface area contributed by atoms with Crippen LogP contribution in [0.3, 0.4) is 0 Å². The fraction of sp³-hybridized carbons (Fsp3) is 0.385. The lowest BCUT2D eigenvalue weighted by atomic mass is 9.95. The summed E-state index contributed by atoms with van der Waals surface area (Å²) in [5.74, 6) is -0.0187. The van der Waals surface area contributed by atoms with Gasteiger partial charge in [-0.05, 0) is 17.5 Å². The summed E-state index contributed by atoms with van der Waals surface area (Å²) in [7, 11) is 0. The lowest BCUT2D eigenvalue weighted by Crippen LogP contribution is -2.47. The molecule has 4 heteroatoms. The Hall–Kier alpha value is -1.86. The summed E-state index contributed by atoms with van der Waals surface area (Å²) in [6.07, 6.45) is 1.07. The van der Waals surface area contributed by atoms with Crippen molar-refractivity contribution in [1.29, 1.82) is 5.26 Å². The van der Waals surface area contributed by atoms with Gasteiger partial charge in [0.25, 0.3) is 0 Å². The maximum absolute atomic E-state index is 11.8. The molecular weight excluding hydrogens is 214 g/mol. The molecule has 1 aromatic rings. The first-order valence-electron chi connectivity index (χ1n) is 5.76. The van der Waals surface area contributed by atoms with Crippen molar-refractivity contribution in [1.82, 2.24) is 10.6 Å². The lowest BCUT2D eigenvalue weighted by Gasteiger charge is -2.25. The Kier molecular flexibility index (Phi) is 3.73. The van der Waals surface area contributed by atoms with Crippen molar-refractivity contribution in [3.05, 3.63) is 35.4 Å². The van der Waals surface area contributed by atoms with Gasteiger partial charge in [-0.3, -0.25) is 4.79 Å². The zero-order valence-electron chi connectivity index (χ0n) is 9.57. The predicted molar refractivity (Wildman–Crippen MR) is 64.0 cm³/mol. The zero-order chi connectivity index (χ0) is 12.1. The fourth-order valence-electron chi connectivity index (χ4n) is 2.00. The van der Waals surface area contributed by atoms with Crippen molar-refractivity contribution >= 4 is 5.91 Å². The molecule has 0 bridgehead atoms. The second-order valence-electron chi connectivity index (χ2n) is 4.11. The summed E-state index contributed by atoms with van der Waals surface area (Å²) in [6.45, 7) is 1.15. The molecule has 0 saturated carbocycles. The minimum Gasteiger partial charge on any atom is -0.354 e. The molecule has 1 heterocycles. The molecule has 0 fully saturated rings.